The van der Waals surface area contributed by atoms with Crippen LogP contribution >= 0.6 is 22.6 Å². The molecule has 2 nitrogen and oxygen atoms in total. The molecule has 0 radical (unpaired) electrons. The molecule has 2 aromatic rings. The monoisotopic (exact) mass is 433 g/mol. The third-order valence-electron chi connectivity index (χ3n) is 5.84. The van der Waals surface area contributed by atoms with Crippen molar-refractivity contribution in [2.75, 3.05) is 13.1 Å². The first-order valence-electron chi connectivity index (χ1n) is 8.91. The van der Waals surface area contributed by atoms with Crippen molar-refractivity contribution >= 4 is 22.6 Å². The predicted octanol–water partition coefficient (Wildman–Crippen LogP) is 4.41. The SMILES string of the molecule is O[C@@]1(c2cccc(I)c2)[C@@H]2CCC[C@H]1CN(Cc1ccccc1)C2. The highest BCUT2D eigenvalue weighted by molar-refractivity contribution is 14.1. The molecule has 24 heavy (non-hydrogen) atoms. The summed E-state index contributed by atoms with van der Waals surface area (Å²) >= 11 is 2.35. The Labute approximate surface area is 158 Å². The van der Waals surface area contributed by atoms with Crippen LogP contribution in [0.15, 0.2) is 54.6 Å². The highest BCUT2D eigenvalue weighted by Gasteiger charge is 2.51. The number of likely N-dealkylation sites (tertiary alicyclic amines) is 1. The molecule has 2 aliphatic rings. The summed E-state index contributed by atoms with van der Waals surface area (Å²) in [7, 11) is 0. The molecule has 1 N–H and O–H groups in total. The van der Waals surface area contributed by atoms with Gasteiger partial charge in [-0.2, -0.15) is 0 Å². The average Bonchev–Trinajstić information content (AvgIpc) is 2.57. The molecule has 2 bridgehead atoms. The topological polar surface area (TPSA) is 23.5 Å². The maximum absolute atomic E-state index is 11.7. The van der Waals surface area contributed by atoms with E-state index in [4.69, 9.17) is 0 Å². The predicted molar refractivity (Wildman–Crippen MR) is 106 cm³/mol. The van der Waals surface area contributed by atoms with Gasteiger partial charge in [0.25, 0.3) is 0 Å². The van der Waals surface area contributed by atoms with E-state index in [1.54, 1.807) is 0 Å². The second-order valence-electron chi connectivity index (χ2n) is 7.34. The summed E-state index contributed by atoms with van der Waals surface area (Å²) in [6, 6.07) is 19.2. The molecule has 0 amide bonds. The van der Waals surface area contributed by atoms with Gasteiger partial charge in [0, 0.05) is 35.0 Å². The summed E-state index contributed by atoms with van der Waals surface area (Å²) in [6.07, 6.45) is 3.51. The normalized spacial score (nSPS) is 30.2. The van der Waals surface area contributed by atoms with Gasteiger partial charge in [-0.3, -0.25) is 4.90 Å². The Balaban J connectivity index is 1.59. The Bertz CT molecular complexity index is 688. The lowest BCUT2D eigenvalue weighted by molar-refractivity contribution is -0.148. The highest BCUT2D eigenvalue weighted by atomic mass is 127. The van der Waals surface area contributed by atoms with Crippen molar-refractivity contribution in [2.24, 2.45) is 11.8 Å². The zero-order valence-corrected chi connectivity index (χ0v) is 16.0. The number of hydrogen-bond donors (Lipinski definition) is 1. The Morgan fingerprint density at radius 1 is 1.00 bits per heavy atom. The maximum atomic E-state index is 11.7. The molecule has 1 saturated heterocycles. The van der Waals surface area contributed by atoms with E-state index in [1.165, 1.54) is 15.6 Å². The maximum Gasteiger partial charge on any atom is 0.0977 e. The van der Waals surface area contributed by atoms with Crippen LogP contribution in [0.5, 0.6) is 0 Å². The van der Waals surface area contributed by atoms with Gasteiger partial charge in [-0.1, -0.05) is 48.9 Å². The van der Waals surface area contributed by atoms with Gasteiger partial charge in [0.1, 0.15) is 0 Å². The van der Waals surface area contributed by atoms with Crippen molar-refractivity contribution in [3.05, 3.63) is 69.3 Å². The van der Waals surface area contributed by atoms with Crippen LogP contribution < -0.4 is 0 Å². The van der Waals surface area contributed by atoms with E-state index in [2.05, 4.69) is 82.1 Å². The molecule has 0 spiro atoms. The molecular formula is C21H24INO. The fourth-order valence-electron chi connectivity index (χ4n) is 4.72. The summed E-state index contributed by atoms with van der Waals surface area (Å²) < 4.78 is 1.21. The minimum Gasteiger partial charge on any atom is -0.384 e. The lowest BCUT2D eigenvalue weighted by Gasteiger charge is -2.53. The number of piperidine rings is 1. The smallest absolute Gasteiger partial charge is 0.0977 e. The van der Waals surface area contributed by atoms with Gasteiger partial charge >= 0.3 is 0 Å². The third-order valence-corrected chi connectivity index (χ3v) is 6.51. The molecule has 3 atom stereocenters. The fourth-order valence-corrected chi connectivity index (χ4v) is 5.27. The quantitative estimate of drug-likeness (QED) is 0.725. The number of hydrogen-bond acceptors (Lipinski definition) is 2. The van der Waals surface area contributed by atoms with Crippen LogP contribution in [0.3, 0.4) is 0 Å². The summed E-state index contributed by atoms with van der Waals surface area (Å²) in [5.74, 6) is 0.679. The van der Waals surface area contributed by atoms with Crippen LogP contribution in [0.4, 0.5) is 0 Å². The molecule has 3 heteroatoms. The van der Waals surface area contributed by atoms with Crippen molar-refractivity contribution in [3.63, 3.8) is 0 Å². The largest absolute Gasteiger partial charge is 0.384 e. The van der Waals surface area contributed by atoms with Crippen LogP contribution in [0.1, 0.15) is 30.4 Å². The Morgan fingerprint density at radius 2 is 1.71 bits per heavy atom. The molecule has 1 aliphatic heterocycles. The molecule has 2 fully saturated rings. The minimum absolute atomic E-state index is 0.340. The number of nitrogens with zero attached hydrogens (tertiary/aromatic N) is 1. The zero-order valence-electron chi connectivity index (χ0n) is 13.9. The first-order valence-corrected chi connectivity index (χ1v) is 9.99. The lowest BCUT2D eigenvalue weighted by Crippen LogP contribution is -2.57. The van der Waals surface area contributed by atoms with Crippen molar-refractivity contribution in [1.29, 1.82) is 0 Å². The van der Waals surface area contributed by atoms with Crippen molar-refractivity contribution in [2.45, 2.75) is 31.4 Å². The van der Waals surface area contributed by atoms with Crippen molar-refractivity contribution in [3.8, 4) is 0 Å². The second kappa shape index (κ2) is 6.77. The fraction of sp³-hybridized carbons (Fsp3) is 0.429. The molecule has 4 rings (SSSR count). The average molecular weight is 433 g/mol. The Kier molecular flexibility index (Phi) is 4.67. The molecule has 0 unspecified atom stereocenters. The summed E-state index contributed by atoms with van der Waals surface area (Å²) in [5.41, 5.74) is 1.85. The van der Waals surface area contributed by atoms with Gasteiger partial charge < -0.3 is 5.11 Å². The second-order valence-corrected chi connectivity index (χ2v) is 8.59. The number of halogens is 1. The summed E-state index contributed by atoms with van der Waals surface area (Å²) in [4.78, 5) is 2.55. The lowest BCUT2D eigenvalue weighted by atomic mass is 9.62. The van der Waals surface area contributed by atoms with Crippen LogP contribution in [0.25, 0.3) is 0 Å². The minimum atomic E-state index is -0.646. The van der Waals surface area contributed by atoms with E-state index in [1.807, 2.05) is 0 Å². The molecule has 1 saturated carbocycles. The van der Waals surface area contributed by atoms with E-state index in [-0.39, 0.29) is 0 Å². The van der Waals surface area contributed by atoms with Gasteiger partial charge in [0.15, 0.2) is 0 Å². The van der Waals surface area contributed by atoms with Gasteiger partial charge in [-0.05, 0) is 58.7 Å². The first kappa shape index (κ1) is 16.6. The Morgan fingerprint density at radius 3 is 2.38 bits per heavy atom. The van der Waals surface area contributed by atoms with Crippen molar-refractivity contribution in [1.82, 2.24) is 4.90 Å². The Hall–Kier alpha value is -0.910. The van der Waals surface area contributed by atoms with E-state index in [9.17, 15) is 5.11 Å². The van der Waals surface area contributed by atoms with Crippen molar-refractivity contribution < 1.29 is 5.11 Å². The van der Waals surface area contributed by atoms with E-state index in [0.29, 0.717) is 11.8 Å². The van der Waals surface area contributed by atoms with E-state index in [0.717, 1.165) is 38.0 Å². The van der Waals surface area contributed by atoms with Crippen LogP contribution in [0.2, 0.25) is 0 Å². The standard InChI is InChI=1S/C21H24INO/c22-20-11-5-8-17(12-20)21(24)18-9-4-10-19(21)15-23(14-18)13-16-6-2-1-3-7-16/h1-3,5-8,11-12,18-19,24H,4,9-10,13-15H2/t18-,19+,21+. The number of fused-ring (bicyclic) bond motifs is 2. The molecule has 1 aliphatic carbocycles. The van der Waals surface area contributed by atoms with E-state index >= 15 is 0 Å². The molecule has 0 aromatic heterocycles. The summed E-state index contributed by atoms with van der Waals surface area (Å²) in [5, 5.41) is 11.7. The van der Waals surface area contributed by atoms with Gasteiger partial charge in [-0.25, -0.2) is 0 Å². The molecule has 1 heterocycles. The first-order chi connectivity index (χ1) is 11.7. The number of rotatable bonds is 3. The molecule has 2 aromatic carbocycles. The number of benzene rings is 2. The summed E-state index contributed by atoms with van der Waals surface area (Å²) in [6.45, 7) is 2.98. The van der Waals surface area contributed by atoms with Gasteiger partial charge in [0.2, 0.25) is 0 Å². The van der Waals surface area contributed by atoms with Gasteiger partial charge in [-0.15, -0.1) is 0 Å². The zero-order chi connectivity index (χ0) is 16.6. The molecular weight excluding hydrogens is 409 g/mol. The van der Waals surface area contributed by atoms with Crippen LogP contribution in [0, 0.1) is 15.4 Å². The van der Waals surface area contributed by atoms with E-state index < -0.39 is 5.60 Å². The highest BCUT2D eigenvalue weighted by Crippen LogP contribution is 2.49. The van der Waals surface area contributed by atoms with Gasteiger partial charge in [0.05, 0.1) is 5.60 Å². The molecule has 126 valence electrons. The van der Waals surface area contributed by atoms with Crippen LogP contribution in [-0.4, -0.2) is 23.1 Å². The number of aliphatic hydroxyl groups is 1. The third kappa shape index (κ3) is 3.02. The van der Waals surface area contributed by atoms with Crippen LogP contribution in [-0.2, 0) is 12.1 Å².